The third-order valence-electron chi connectivity index (χ3n) is 4.51. The Bertz CT molecular complexity index is 980. The summed E-state index contributed by atoms with van der Waals surface area (Å²) in [6, 6.07) is 15.6. The molecule has 2 amide bonds. The lowest BCUT2D eigenvalue weighted by Gasteiger charge is -2.17. The third kappa shape index (κ3) is 4.34. The van der Waals surface area contributed by atoms with E-state index in [9.17, 15) is 9.59 Å². The van der Waals surface area contributed by atoms with Crippen molar-refractivity contribution in [3.05, 3.63) is 60.3 Å². The molecule has 3 rings (SSSR count). The molecule has 0 bridgehead atoms. The first-order valence-electron chi connectivity index (χ1n) is 8.69. The number of likely N-dealkylation sites (N-methyl/N-ethyl adjacent to an activating group) is 1. The summed E-state index contributed by atoms with van der Waals surface area (Å²) < 4.78 is 2.02. The van der Waals surface area contributed by atoms with Crippen LogP contribution in [-0.4, -0.2) is 41.1 Å². The highest BCUT2D eigenvalue weighted by molar-refractivity contribution is 7.98. The van der Waals surface area contributed by atoms with Crippen molar-refractivity contribution in [2.24, 2.45) is 7.05 Å². The molecule has 27 heavy (non-hydrogen) atoms. The van der Waals surface area contributed by atoms with E-state index in [4.69, 9.17) is 0 Å². The van der Waals surface area contributed by atoms with Gasteiger partial charge in [-0.05, 0) is 30.0 Å². The number of nitrogens with one attached hydrogen (secondary N) is 1. The molecule has 0 atom stereocenters. The van der Waals surface area contributed by atoms with Crippen LogP contribution in [0.25, 0.3) is 10.9 Å². The normalized spacial score (nSPS) is 10.8. The van der Waals surface area contributed by atoms with E-state index in [1.54, 1.807) is 18.8 Å². The van der Waals surface area contributed by atoms with Crippen LogP contribution in [-0.2, 0) is 23.1 Å². The van der Waals surface area contributed by atoms with Gasteiger partial charge in [-0.2, -0.15) is 0 Å². The highest BCUT2D eigenvalue weighted by atomic mass is 32.2. The quantitative estimate of drug-likeness (QED) is 0.665. The van der Waals surface area contributed by atoms with Crippen molar-refractivity contribution in [1.82, 2.24) is 9.47 Å². The molecule has 1 heterocycles. The predicted octanol–water partition coefficient (Wildman–Crippen LogP) is 3.54. The molecule has 1 N–H and O–H groups in total. The maximum Gasteiger partial charge on any atom is 0.244 e. The van der Waals surface area contributed by atoms with Crippen LogP contribution in [0.5, 0.6) is 0 Å². The molecule has 5 nitrogen and oxygen atoms in total. The number of nitrogens with zero attached hydrogens (tertiary/aromatic N) is 2. The number of fused-ring (bicyclic) bond motifs is 1. The van der Waals surface area contributed by atoms with Crippen molar-refractivity contribution in [3.8, 4) is 0 Å². The molecule has 2 aromatic carbocycles. The SMILES string of the molecule is CSc1ccccc1NC(=O)CN(C)C(=O)Cc1cn(C)c2ccccc12. The minimum absolute atomic E-state index is 0.0202. The van der Waals surface area contributed by atoms with Crippen molar-refractivity contribution >= 4 is 40.2 Å². The molecule has 0 saturated carbocycles. The van der Waals surface area contributed by atoms with Crippen LogP contribution in [0.1, 0.15) is 5.56 Å². The highest BCUT2D eigenvalue weighted by Crippen LogP contribution is 2.24. The maximum atomic E-state index is 12.6. The van der Waals surface area contributed by atoms with Gasteiger partial charge in [-0.1, -0.05) is 30.3 Å². The second-order valence-electron chi connectivity index (χ2n) is 6.46. The smallest absolute Gasteiger partial charge is 0.244 e. The van der Waals surface area contributed by atoms with Gasteiger partial charge >= 0.3 is 0 Å². The summed E-state index contributed by atoms with van der Waals surface area (Å²) in [6.45, 7) is 0.0202. The number of anilines is 1. The topological polar surface area (TPSA) is 54.3 Å². The van der Waals surface area contributed by atoms with Crippen molar-refractivity contribution in [3.63, 3.8) is 0 Å². The van der Waals surface area contributed by atoms with Crippen LogP contribution in [0.2, 0.25) is 0 Å². The molecule has 0 aliphatic rings. The van der Waals surface area contributed by atoms with E-state index in [1.165, 1.54) is 4.90 Å². The van der Waals surface area contributed by atoms with E-state index in [0.717, 1.165) is 27.0 Å². The van der Waals surface area contributed by atoms with E-state index in [2.05, 4.69) is 5.32 Å². The number of amides is 2. The first-order valence-corrected chi connectivity index (χ1v) is 9.92. The summed E-state index contributed by atoms with van der Waals surface area (Å²) in [5.41, 5.74) is 2.83. The Labute approximate surface area is 163 Å². The zero-order valence-electron chi connectivity index (χ0n) is 15.7. The molecule has 1 aromatic heterocycles. The van der Waals surface area contributed by atoms with Gasteiger partial charge in [0.15, 0.2) is 0 Å². The van der Waals surface area contributed by atoms with Gasteiger partial charge in [-0.15, -0.1) is 11.8 Å². The number of hydrogen-bond acceptors (Lipinski definition) is 3. The fraction of sp³-hybridized carbons (Fsp3) is 0.238. The van der Waals surface area contributed by atoms with Crippen molar-refractivity contribution in [1.29, 1.82) is 0 Å². The van der Waals surface area contributed by atoms with Crippen LogP contribution in [0.4, 0.5) is 5.69 Å². The van der Waals surface area contributed by atoms with Gasteiger partial charge < -0.3 is 14.8 Å². The lowest BCUT2D eigenvalue weighted by atomic mass is 10.1. The maximum absolute atomic E-state index is 12.6. The van der Waals surface area contributed by atoms with E-state index in [1.807, 2.05) is 72.6 Å². The number of carbonyl (C=O) groups excluding carboxylic acids is 2. The number of para-hydroxylation sites is 2. The van der Waals surface area contributed by atoms with Gasteiger partial charge in [0, 0.05) is 36.1 Å². The van der Waals surface area contributed by atoms with Gasteiger partial charge in [0.05, 0.1) is 18.7 Å². The Kier molecular flexibility index (Phi) is 5.86. The number of benzene rings is 2. The molecule has 0 unspecified atom stereocenters. The lowest BCUT2D eigenvalue weighted by molar-refractivity contribution is -0.132. The summed E-state index contributed by atoms with van der Waals surface area (Å²) in [5.74, 6) is -0.287. The molecule has 3 aromatic rings. The number of aryl methyl sites for hydroxylation is 1. The van der Waals surface area contributed by atoms with Crippen molar-refractivity contribution in [2.75, 3.05) is 25.2 Å². The van der Waals surface area contributed by atoms with Crippen LogP contribution < -0.4 is 5.32 Å². The number of hydrogen-bond donors (Lipinski definition) is 1. The lowest BCUT2D eigenvalue weighted by Crippen LogP contribution is -2.35. The summed E-state index contributed by atoms with van der Waals surface area (Å²) in [7, 11) is 3.63. The predicted molar refractivity (Wildman–Crippen MR) is 111 cm³/mol. The zero-order chi connectivity index (χ0) is 19.4. The number of aromatic nitrogens is 1. The fourth-order valence-electron chi connectivity index (χ4n) is 3.11. The monoisotopic (exact) mass is 381 g/mol. The molecule has 140 valence electrons. The van der Waals surface area contributed by atoms with Gasteiger partial charge in [-0.25, -0.2) is 0 Å². The first-order chi connectivity index (χ1) is 13.0. The Hall–Kier alpha value is -2.73. The molecule has 0 aliphatic heterocycles. The van der Waals surface area contributed by atoms with Gasteiger partial charge in [0.2, 0.25) is 11.8 Å². The fourth-order valence-corrected chi connectivity index (χ4v) is 3.66. The number of thioether (sulfide) groups is 1. The van der Waals surface area contributed by atoms with Crippen LogP contribution in [0.15, 0.2) is 59.6 Å². The van der Waals surface area contributed by atoms with E-state index < -0.39 is 0 Å². The molecular weight excluding hydrogens is 358 g/mol. The summed E-state index contributed by atoms with van der Waals surface area (Å²) in [6.07, 6.45) is 4.21. The Morgan fingerprint density at radius 2 is 1.81 bits per heavy atom. The van der Waals surface area contributed by atoms with Crippen LogP contribution >= 0.6 is 11.8 Å². The Morgan fingerprint density at radius 1 is 1.11 bits per heavy atom. The minimum Gasteiger partial charge on any atom is -0.350 e. The minimum atomic E-state index is -0.203. The zero-order valence-corrected chi connectivity index (χ0v) is 16.5. The average molecular weight is 382 g/mol. The number of rotatable bonds is 6. The van der Waals surface area contributed by atoms with Gasteiger partial charge in [-0.3, -0.25) is 9.59 Å². The van der Waals surface area contributed by atoms with Crippen molar-refractivity contribution in [2.45, 2.75) is 11.3 Å². The van der Waals surface area contributed by atoms with E-state index in [-0.39, 0.29) is 24.8 Å². The second kappa shape index (κ2) is 8.31. The number of carbonyl (C=O) groups is 2. The van der Waals surface area contributed by atoms with Crippen molar-refractivity contribution < 1.29 is 9.59 Å². The Morgan fingerprint density at radius 3 is 2.59 bits per heavy atom. The molecule has 0 radical (unpaired) electrons. The Balaban J connectivity index is 1.64. The van der Waals surface area contributed by atoms with E-state index in [0.29, 0.717) is 0 Å². The summed E-state index contributed by atoms with van der Waals surface area (Å²) in [4.78, 5) is 27.4. The van der Waals surface area contributed by atoms with Crippen LogP contribution in [0.3, 0.4) is 0 Å². The molecule has 0 fully saturated rings. The van der Waals surface area contributed by atoms with Gasteiger partial charge in [0.1, 0.15) is 0 Å². The molecular formula is C21H23N3O2S. The van der Waals surface area contributed by atoms with Gasteiger partial charge in [0.25, 0.3) is 0 Å². The largest absolute Gasteiger partial charge is 0.350 e. The van der Waals surface area contributed by atoms with E-state index >= 15 is 0 Å². The second-order valence-corrected chi connectivity index (χ2v) is 7.31. The summed E-state index contributed by atoms with van der Waals surface area (Å²) >= 11 is 1.57. The standard InChI is InChI=1S/C21H23N3O2S/c1-23-13-15(16-8-4-6-10-18(16)23)12-21(26)24(2)14-20(25)22-17-9-5-7-11-19(17)27-3/h4-11,13H,12,14H2,1-3H3,(H,22,25). The first kappa shape index (κ1) is 19.0. The summed E-state index contributed by atoms with van der Waals surface area (Å²) in [5, 5.41) is 3.96. The average Bonchev–Trinajstić information content (AvgIpc) is 2.98. The molecule has 6 heteroatoms. The molecule has 0 aliphatic carbocycles. The highest BCUT2D eigenvalue weighted by Gasteiger charge is 2.17. The molecule has 0 spiro atoms. The third-order valence-corrected chi connectivity index (χ3v) is 5.30. The molecule has 0 saturated heterocycles. The van der Waals surface area contributed by atoms with Crippen LogP contribution in [0, 0.1) is 0 Å².